The first-order valence-corrected chi connectivity index (χ1v) is 5.35. The molecule has 4 nitrogen and oxygen atoms in total. The Balaban J connectivity index is -0.000000534. The molecule has 5 heteroatoms. The van der Waals surface area contributed by atoms with Crippen molar-refractivity contribution in [1.29, 1.82) is 0 Å². The summed E-state index contributed by atoms with van der Waals surface area (Å²) in [6.07, 6.45) is 0. The number of para-hydroxylation sites is 1. The molecule has 0 saturated heterocycles. The number of amides is 1. The Labute approximate surface area is 135 Å². The zero-order valence-corrected chi connectivity index (χ0v) is 14.4. The number of carbonyl (C=O) groups excluding carboxylic acids is 1. The van der Waals surface area contributed by atoms with Gasteiger partial charge >= 0.3 is 0 Å². The maximum absolute atomic E-state index is 11.4. The number of rotatable bonds is 3. The van der Waals surface area contributed by atoms with Crippen LogP contribution in [0.2, 0.25) is 0 Å². The molecule has 1 aromatic rings. The standard InChI is InChI=1S/C10H14N2O2.C2H6.CH3.Y/c1-10(14,7-11)9(13)12-8-5-3-2-4-6-8;1-2;;/h2-6,14H,7,11H2,1H3,(H,12,13);1-2H3;1H3;/q;;-1;/t10-;;;/m0.../s1. The van der Waals surface area contributed by atoms with Crippen molar-refractivity contribution in [3.63, 3.8) is 0 Å². The summed E-state index contributed by atoms with van der Waals surface area (Å²) >= 11 is 0. The average Bonchev–Trinajstić information content (AvgIpc) is 2.33. The van der Waals surface area contributed by atoms with E-state index in [-0.39, 0.29) is 46.7 Å². The van der Waals surface area contributed by atoms with Crippen LogP contribution in [0, 0.1) is 7.43 Å². The summed E-state index contributed by atoms with van der Waals surface area (Å²) in [4.78, 5) is 11.4. The Morgan fingerprint density at radius 3 is 2.17 bits per heavy atom. The van der Waals surface area contributed by atoms with Crippen molar-refractivity contribution in [2.45, 2.75) is 26.4 Å². The molecule has 1 rings (SSSR count). The molecule has 1 atom stereocenters. The van der Waals surface area contributed by atoms with Crippen LogP contribution in [0.3, 0.4) is 0 Å². The number of hydrogen-bond donors (Lipinski definition) is 3. The van der Waals surface area contributed by atoms with Crippen molar-refractivity contribution in [2.24, 2.45) is 5.73 Å². The third kappa shape index (κ3) is 7.93. The maximum Gasteiger partial charge on any atom is 0.257 e. The van der Waals surface area contributed by atoms with Gasteiger partial charge in [-0.25, -0.2) is 0 Å². The van der Waals surface area contributed by atoms with E-state index in [9.17, 15) is 9.90 Å². The molecule has 0 saturated carbocycles. The number of anilines is 1. The molecule has 101 valence electrons. The molecule has 0 aliphatic rings. The Morgan fingerprint density at radius 1 is 1.33 bits per heavy atom. The quantitative estimate of drug-likeness (QED) is 0.741. The summed E-state index contributed by atoms with van der Waals surface area (Å²) in [5.41, 5.74) is 4.38. The minimum atomic E-state index is -1.52. The normalized spacial score (nSPS) is 11.6. The van der Waals surface area contributed by atoms with Crippen molar-refractivity contribution in [1.82, 2.24) is 0 Å². The summed E-state index contributed by atoms with van der Waals surface area (Å²) in [5.74, 6) is -0.494. The number of hydrogen-bond acceptors (Lipinski definition) is 3. The second-order valence-corrected chi connectivity index (χ2v) is 3.30. The predicted molar refractivity (Wildman–Crippen MR) is 72.5 cm³/mol. The van der Waals surface area contributed by atoms with E-state index in [4.69, 9.17) is 5.73 Å². The molecular formula is C13H23N2O2Y-. The second kappa shape index (κ2) is 11.8. The molecule has 1 radical (unpaired) electrons. The molecule has 0 aliphatic heterocycles. The summed E-state index contributed by atoms with van der Waals surface area (Å²) in [5, 5.41) is 12.1. The SMILES string of the molecule is CC.C[C@](O)(CN)C(=O)Nc1ccccc1.[CH3-].[Y]. The van der Waals surface area contributed by atoms with Gasteiger partial charge in [-0.15, -0.1) is 0 Å². The number of benzene rings is 1. The maximum atomic E-state index is 11.4. The van der Waals surface area contributed by atoms with E-state index < -0.39 is 11.5 Å². The van der Waals surface area contributed by atoms with Gasteiger partial charge in [0.1, 0.15) is 0 Å². The molecule has 0 aromatic heterocycles. The zero-order chi connectivity index (χ0) is 12.6. The monoisotopic (exact) mass is 328 g/mol. The zero-order valence-electron chi connectivity index (χ0n) is 11.6. The van der Waals surface area contributed by atoms with Gasteiger partial charge in [0, 0.05) is 44.9 Å². The van der Waals surface area contributed by atoms with Crippen molar-refractivity contribution >= 4 is 11.6 Å². The smallest absolute Gasteiger partial charge is 0.257 e. The molecule has 4 N–H and O–H groups in total. The molecule has 1 amide bonds. The van der Waals surface area contributed by atoms with Crippen molar-refractivity contribution in [3.05, 3.63) is 37.8 Å². The second-order valence-electron chi connectivity index (χ2n) is 3.30. The van der Waals surface area contributed by atoms with E-state index in [1.165, 1.54) is 6.92 Å². The molecule has 0 bridgehead atoms. The van der Waals surface area contributed by atoms with Gasteiger partial charge in [-0.3, -0.25) is 4.79 Å². The first-order valence-electron chi connectivity index (χ1n) is 5.35. The van der Waals surface area contributed by atoms with Crippen LogP contribution in [-0.2, 0) is 37.5 Å². The van der Waals surface area contributed by atoms with Gasteiger partial charge in [0.2, 0.25) is 0 Å². The fourth-order valence-corrected chi connectivity index (χ4v) is 0.880. The van der Waals surface area contributed by atoms with E-state index in [0.29, 0.717) is 5.69 Å². The topological polar surface area (TPSA) is 75.3 Å². The Morgan fingerprint density at radius 2 is 1.78 bits per heavy atom. The van der Waals surface area contributed by atoms with E-state index in [2.05, 4.69) is 5.32 Å². The Hall–Kier alpha value is -0.286. The number of nitrogens with one attached hydrogen (secondary N) is 1. The predicted octanol–water partition coefficient (Wildman–Crippen LogP) is 1.81. The van der Waals surface area contributed by atoms with E-state index in [1.54, 1.807) is 24.3 Å². The molecule has 0 aliphatic carbocycles. The summed E-state index contributed by atoms with van der Waals surface area (Å²) in [7, 11) is 0. The van der Waals surface area contributed by atoms with E-state index in [1.807, 2.05) is 19.9 Å². The summed E-state index contributed by atoms with van der Waals surface area (Å²) in [6, 6.07) is 8.92. The largest absolute Gasteiger partial charge is 0.379 e. The third-order valence-electron chi connectivity index (χ3n) is 1.92. The Bertz CT molecular complexity index is 316. The summed E-state index contributed by atoms with van der Waals surface area (Å²) < 4.78 is 0. The molecule has 1 aromatic carbocycles. The fraction of sp³-hybridized carbons (Fsp3) is 0.385. The van der Waals surface area contributed by atoms with Gasteiger partial charge in [0.05, 0.1) is 0 Å². The van der Waals surface area contributed by atoms with Crippen LogP contribution < -0.4 is 11.1 Å². The summed E-state index contributed by atoms with van der Waals surface area (Å²) in [6.45, 7) is 5.27. The molecular weight excluding hydrogens is 305 g/mol. The van der Waals surface area contributed by atoms with Crippen LogP contribution >= 0.6 is 0 Å². The first-order chi connectivity index (χ1) is 7.56. The van der Waals surface area contributed by atoms with Crippen LogP contribution in [0.4, 0.5) is 5.69 Å². The van der Waals surface area contributed by atoms with Gasteiger partial charge in [-0.2, -0.15) is 0 Å². The van der Waals surface area contributed by atoms with Crippen molar-refractivity contribution in [2.75, 3.05) is 11.9 Å². The van der Waals surface area contributed by atoms with E-state index >= 15 is 0 Å². The van der Waals surface area contributed by atoms with Crippen LogP contribution in [0.5, 0.6) is 0 Å². The van der Waals surface area contributed by atoms with Crippen LogP contribution in [-0.4, -0.2) is 23.2 Å². The Kier molecular flexibility index (Phi) is 15.0. The minimum absolute atomic E-state index is 0. The molecule has 0 fully saturated rings. The molecule has 0 heterocycles. The van der Waals surface area contributed by atoms with Crippen molar-refractivity contribution in [3.8, 4) is 0 Å². The molecule has 0 unspecified atom stereocenters. The average molecular weight is 328 g/mol. The number of carbonyl (C=O) groups is 1. The van der Waals surface area contributed by atoms with Gasteiger partial charge in [0.15, 0.2) is 5.60 Å². The number of nitrogens with two attached hydrogens (primary N) is 1. The molecule has 18 heavy (non-hydrogen) atoms. The number of aliphatic hydroxyl groups is 1. The van der Waals surface area contributed by atoms with Gasteiger partial charge < -0.3 is 23.6 Å². The van der Waals surface area contributed by atoms with Crippen LogP contribution in [0.1, 0.15) is 20.8 Å². The first kappa shape index (κ1) is 22.9. The minimum Gasteiger partial charge on any atom is -0.379 e. The molecule has 0 spiro atoms. The van der Waals surface area contributed by atoms with Crippen molar-refractivity contribution < 1.29 is 42.6 Å². The third-order valence-corrected chi connectivity index (χ3v) is 1.92. The van der Waals surface area contributed by atoms with Gasteiger partial charge in [-0.05, 0) is 19.1 Å². The van der Waals surface area contributed by atoms with Crippen LogP contribution in [0.15, 0.2) is 30.3 Å². The van der Waals surface area contributed by atoms with E-state index in [0.717, 1.165) is 0 Å². The van der Waals surface area contributed by atoms with Crippen LogP contribution in [0.25, 0.3) is 0 Å². The van der Waals surface area contributed by atoms with Gasteiger partial charge in [0.25, 0.3) is 5.91 Å². The van der Waals surface area contributed by atoms with Gasteiger partial charge in [-0.1, -0.05) is 32.0 Å². The fourth-order valence-electron chi connectivity index (χ4n) is 0.880.